The molecule has 1 unspecified atom stereocenters. The highest BCUT2D eigenvalue weighted by Gasteiger charge is 2.34. The fraction of sp³-hybridized carbons (Fsp3) is 0.370. The maximum absolute atomic E-state index is 13.6. The van der Waals surface area contributed by atoms with Gasteiger partial charge in [-0.25, -0.2) is 9.38 Å². The molecular weight excluding hydrogens is 562 g/mol. The van der Waals surface area contributed by atoms with Crippen LogP contribution in [-0.4, -0.2) is 66.9 Å². The molecule has 224 valence electrons. The van der Waals surface area contributed by atoms with Crippen molar-refractivity contribution >= 4 is 40.3 Å². The lowest BCUT2D eigenvalue weighted by atomic mass is 9.96. The molecule has 0 radical (unpaired) electrons. The van der Waals surface area contributed by atoms with Crippen molar-refractivity contribution in [3.05, 3.63) is 58.8 Å². The molecule has 0 saturated heterocycles. The number of alkyl halides is 4. The van der Waals surface area contributed by atoms with Gasteiger partial charge >= 0.3 is 12.1 Å². The summed E-state index contributed by atoms with van der Waals surface area (Å²) < 4.78 is 59.0. The zero-order valence-corrected chi connectivity index (χ0v) is 22.7. The highest BCUT2D eigenvalue weighted by atomic mass is 19.4. The standard InChI is InChI=1S/C27H29F4N7O4/c1-3-14-4-5-15(6-20(14)27(29,30)31)21(9-24(40)42-2)37-23(39)13-32-25(41)18-7-17(8-22-19(18)12-35-38-22)36-26-33-10-16(28)11-34-26/h4-8,12,16,21H,3,9-11,13H2,1-2H3,(H,32,41)(H,35,38)(H,37,39)(H2,33,34,36)/t21-/m0/s1. The Hall–Kier alpha value is -4.69. The number of hydrogen-bond donors (Lipinski definition) is 5. The summed E-state index contributed by atoms with van der Waals surface area (Å²) in [4.78, 5) is 42.0. The number of fused-ring (bicyclic) bond motifs is 1. The van der Waals surface area contributed by atoms with Gasteiger partial charge in [0, 0.05) is 11.1 Å². The van der Waals surface area contributed by atoms with E-state index in [0.29, 0.717) is 22.5 Å². The zero-order valence-electron chi connectivity index (χ0n) is 22.7. The van der Waals surface area contributed by atoms with Gasteiger partial charge in [0.2, 0.25) is 5.91 Å². The molecule has 5 N–H and O–H groups in total. The minimum absolute atomic E-state index is 0.0126. The van der Waals surface area contributed by atoms with Crippen LogP contribution < -0.4 is 21.3 Å². The Kier molecular flexibility index (Phi) is 9.28. The van der Waals surface area contributed by atoms with Crippen LogP contribution in [-0.2, 0) is 26.9 Å². The molecule has 0 fully saturated rings. The van der Waals surface area contributed by atoms with Gasteiger partial charge in [-0.3, -0.25) is 19.5 Å². The average Bonchev–Trinajstić information content (AvgIpc) is 3.44. The van der Waals surface area contributed by atoms with Crippen LogP contribution in [0.4, 0.5) is 23.2 Å². The van der Waals surface area contributed by atoms with Gasteiger partial charge in [-0.2, -0.15) is 18.3 Å². The molecule has 1 aromatic heterocycles. The number of H-pyrrole nitrogens is 1. The quantitative estimate of drug-likeness (QED) is 0.190. The molecule has 0 spiro atoms. The third-order valence-corrected chi connectivity index (χ3v) is 6.57. The number of amides is 2. The number of aryl methyl sites for hydroxylation is 1. The Morgan fingerprint density at radius 1 is 1.19 bits per heavy atom. The lowest BCUT2D eigenvalue weighted by Crippen LogP contribution is -2.41. The van der Waals surface area contributed by atoms with E-state index in [1.165, 1.54) is 24.4 Å². The largest absolute Gasteiger partial charge is 0.469 e. The third kappa shape index (κ3) is 7.33. The summed E-state index contributed by atoms with van der Waals surface area (Å²) in [5.74, 6) is -1.81. The lowest BCUT2D eigenvalue weighted by Gasteiger charge is -2.21. The van der Waals surface area contributed by atoms with Crippen molar-refractivity contribution in [1.29, 1.82) is 0 Å². The Morgan fingerprint density at radius 2 is 1.98 bits per heavy atom. The SMILES string of the molecule is CCc1ccc([C@H](CC(=O)OC)NC(=O)CNC(=O)c2cc(NC3=NCC(F)CN3)cc3[nH]ncc23)cc1C(F)(F)F. The van der Waals surface area contributed by atoms with Crippen LogP contribution in [0.1, 0.15) is 46.4 Å². The van der Waals surface area contributed by atoms with Crippen molar-refractivity contribution in [2.24, 2.45) is 4.99 Å². The van der Waals surface area contributed by atoms with Crippen molar-refractivity contribution in [3.8, 4) is 0 Å². The molecule has 0 bridgehead atoms. The number of aliphatic imine (C=N–C) groups is 1. The monoisotopic (exact) mass is 591 g/mol. The lowest BCUT2D eigenvalue weighted by molar-refractivity contribution is -0.141. The number of halogens is 4. The van der Waals surface area contributed by atoms with Gasteiger partial charge in [0.05, 0.1) is 62.0 Å². The van der Waals surface area contributed by atoms with E-state index in [1.807, 2.05) is 0 Å². The van der Waals surface area contributed by atoms with Gasteiger partial charge in [0.1, 0.15) is 6.17 Å². The number of nitrogens with zero attached hydrogens (tertiary/aromatic N) is 2. The number of guanidine groups is 1. The summed E-state index contributed by atoms with van der Waals surface area (Å²) in [6.07, 6.45) is -4.59. The Labute approximate surface area is 237 Å². The van der Waals surface area contributed by atoms with Crippen LogP contribution in [0.15, 0.2) is 41.5 Å². The first-order chi connectivity index (χ1) is 20.0. The number of aromatic nitrogens is 2. The molecule has 0 saturated carbocycles. The second-order valence-corrected chi connectivity index (χ2v) is 9.50. The van der Waals surface area contributed by atoms with Gasteiger partial charge in [-0.05, 0) is 35.7 Å². The summed E-state index contributed by atoms with van der Waals surface area (Å²) in [6.45, 7) is 1.11. The van der Waals surface area contributed by atoms with Crippen molar-refractivity contribution in [2.75, 3.05) is 32.1 Å². The summed E-state index contributed by atoms with van der Waals surface area (Å²) >= 11 is 0. The number of esters is 1. The van der Waals surface area contributed by atoms with Crippen LogP contribution in [0.5, 0.6) is 0 Å². The van der Waals surface area contributed by atoms with Gasteiger partial charge in [0.25, 0.3) is 5.91 Å². The van der Waals surface area contributed by atoms with E-state index >= 15 is 0 Å². The molecule has 1 aliphatic rings. The molecule has 3 aromatic rings. The van der Waals surface area contributed by atoms with Crippen LogP contribution in [0.2, 0.25) is 0 Å². The summed E-state index contributed by atoms with van der Waals surface area (Å²) in [5.41, 5.74) is 0.370. The topological polar surface area (TPSA) is 150 Å². The summed E-state index contributed by atoms with van der Waals surface area (Å²) in [6, 6.07) is 5.65. The van der Waals surface area contributed by atoms with Crippen LogP contribution in [0.25, 0.3) is 10.9 Å². The van der Waals surface area contributed by atoms with E-state index in [0.717, 1.165) is 13.2 Å². The van der Waals surface area contributed by atoms with Crippen molar-refractivity contribution in [2.45, 2.75) is 38.2 Å². The first kappa shape index (κ1) is 30.3. The van der Waals surface area contributed by atoms with Gasteiger partial charge in [0.15, 0.2) is 5.96 Å². The fourth-order valence-electron chi connectivity index (χ4n) is 4.44. The maximum Gasteiger partial charge on any atom is 0.416 e. The molecule has 2 heterocycles. The Bertz CT molecular complexity index is 1510. The molecule has 15 heteroatoms. The minimum Gasteiger partial charge on any atom is -0.469 e. The number of anilines is 1. The molecule has 2 amide bonds. The second-order valence-electron chi connectivity index (χ2n) is 9.50. The first-order valence-corrected chi connectivity index (χ1v) is 13.0. The maximum atomic E-state index is 13.6. The second kappa shape index (κ2) is 12.9. The molecule has 2 aromatic carbocycles. The van der Waals surface area contributed by atoms with E-state index in [-0.39, 0.29) is 36.2 Å². The number of carbonyl (C=O) groups excluding carboxylic acids is 3. The van der Waals surface area contributed by atoms with Crippen LogP contribution in [0, 0.1) is 0 Å². The summed E-state index contributed by atoms with van der Waals surface area (Å²) in [7, 11) is 1.12. The van der Waals surface area contributed by atoms with Gasteiger partial charge in [-0.15, -0.1) is 0 Å². The number of ether oxygens (including phenoxy) is 1. The Balaban J connectivity index is 1.49. The average molecular weight is 592 g/mol. The normalized spacial score (nSPS) is 15.8. The zero-order chi connectivity index (χ0) is 30.4. The van der Waals surface area contributed by atoms with Gasteiger partial charge < -0.3 is 26.0 Å². The van der Waals surface area contributed by atoms with Crippen molar-refractivity contribution in [1.82, 2.24) is 26.1 Å². The predicted molar refractivity (Wildman–Crippen MR) is 146 cm³/mol. The number of hydrogen-bond acceptors (Lipinski definition) is 8. The molecule has 0 aliphatic carbocycles. The number of benzene rings is 2. The Morgan fingerprint density at radius 3 is 2.64 bits per heavy atom. The summed E-state index contributed by atoms with van der Waals surface area (Å²) in [5, 5.41) is 18.0. The number of methoxy groups -OCH3 is 1. The number of rotatable bonds is 9. The molecule has 42 heavy (non-hydrogen) atoms. The molecule has 11 nitrogen and oxygen atoms in total. The van der Waals surface area contributed by atoms with Crippen LogP contribution in [0.3, 0.4) is 0 Å². The molecule has 4 rings (SSSR count). The van der Waals surface area contributed by atoms with Crippen LogP contribution >= 0.6 is 0 Å². The third-order valence-electron chi connectivity index (χ3n) is 6.57. The number of aromatic amines is 1. The van der Waals surface area contributed by atoms with E-state index < -0.39 is 54.7 Å². The molecular formula is C27H29F4N7O4. The minimum atomic E-state index is -4.63. The van der Waals surface area contributed by atoms with Gasteiger partial charge in [-0.1, -0.05) is 19.1 Å². The van der Waals surface area contributed by atoms with E-state index in [1.54, 1.807) is 13.0 Å². The van der Waals surface area contributed by atoms with Crippen molar-refractivity contribution in [3.63, 3.8) is 0 Å². The van der Waals surface area contributed by atoms with E-state index in [4.69, 9.17) is 0 Å². The van der Waals surface area contributed by atoms with E-state index in [9.17, 15) is 31.9 Å². The predicted octanol–water partition coefficient (Wildman–Crippen LogP) is 3.00. The first-order valence-electron chi connectivity index (χ1n) is 13.0. The van der Waals surface area contributed by atoms with E-state index in [2.05, 4.69) is 41.2 Å². The van der Waals surface area contributed by atoms with Crippen molar-refractivity contribution < 1.29 is 36.7 Å². The highest BCUT2D eigenvalue weighted by molar-refractivity contribution is 6.09. The fourth-order valence-corrected chi connectivity index (χ4v) is 4.44. The highest BCUT2D eigenvalue weighted by Crippen LogP contribution is 2.34. The number of carbonyl (C=O) groups is 3. The molecule has 2 atom stereocenters. The molecule has 1 aliphatic heterocycles. The smallest absolute Gasteiger partial charge is 0.416 e. The number of nitrogens with one attached hydrogen (secondary N) is 5.